The Hall–Kier alpha value is -7.86. The predicted octanol–water partition coefficient (Wildman–Crippen LogP) is 7.13. The molecule has 5 aromatic rings. The van der Waals surface area contributed by atoms with Crippen molar-refractivity contribution in [1.29, 1.82) is 0 Å². The molecule has 0 aromatic heterocycles. The smallest absolute Gasteiger partial charge is 0.261 e. The molecular formula is C45H36N6O6. The highest BCUT2D eigenvalue weighted by molar-refractivity contribution is 6.10. The molecule has 0 fully saturated rings. The molecule has 57 heavy (non-hydrogen) atoms. The first-order valence-electron chi connectivity index (χ1n) is 17.8. The third-order valence-electron chi connectivity index (χ3n) is 9.65. The minimum absolute atomic E-state index is 0.290. The largest absolute Gasteiger partial charge is 0.322 e. The Balaban J connectivity index is 1.15. The van der Waals surface area contributed by atoms with Gasteiger partial charge in [0.15, 0.2) is 0 Å². The molecule has 0 unspecified atom stereocenters. The van der Waals surface area contributed by atoms with E-state index in [4.69, 9.17) is 0 Å². The Bertz CT molecular complexity index is 2490. The van der Waals surface area contributed by atoms with Gasteiger partial charge in [0.25, 0.3) is 35.4 Å². The van der Waals surface area contributed by atoms with Gasteiger partial charge in [0.2, 0.25) is 0 Å². The molecule has 0 radical (unpaired) electrons. The number of benzene rings is 5. The van der Waals surface area contributed by atoms with Gasteiger partial charge in [-0.1, -0.05) is 0 Å². The number of fused-ring (bicyclic) bond motifs is 1. The summed E-state index contributed by atoms with van der Waals surface area (Å²) in [6.45, 7) is 0. The predicted molar refractivity (Wildman–Crippen MR) is 220 cm³/mol. The first kappa shape index (κ1) is 37.5. The van der Waals surface area contributed by atoms with Crippen LogP contribution < -0.4 is 25.3 Å². The van der Waals surface area contributed by atoms with E-state index in [0.29, 0.717) is 61.8 Å². The first-order valence-corrected chi connectivity index (χ1v) is 17.8. The summed E-state index contributed by atoms with van der Waals surface area (Å²) in [6, 6.07) is 32.7. The summed E-state index contributed by atoms with van der Waals surface area (Å²) in [4.78, 5) is 85.5. The maximum absolute atomic E-state index is 13.5. The highest BCUT2D eigenvalue weighted by Gasteiger charge is 2.20. The van der Waals surface area contributed by atoms with Crippen molar-refractivity contribution in [1.82, 2.24) is 4.90 Å². The fourth-order valence-corrected chi connectivity index (χ4v) is 6.16. The lowest BCUT2D eigenvalue weighted by Gasteiger charge is -2.19. The zero-order valence-electron chi connectivity index (χ0n) is 31.2. The molecule has 9 heterocycles. The van der Waals surface area contributed by atoms with Crippen LogP contribution in [0.25, 0.3) is 0 Å². The second kappa shape index (κ2) is 15.9. The van der Waals surface area contributed by atoms with E-state index < -0.39 is 0 Å². The number of hydrogen-bond acceptors (Lipinski definition) is 6. The fraction of sp³-hybridized carbons (Fsp3) is 0.0667. The van der Waals surface area contributed by atoms with E-state index in [1.165, 1.54) is 25.8 Å². The van der Waals surface area contributed by atoms with Crippen LogP contribution in [0.2, 0.25) is 0 Å². The number of nitrogens with one attached hydrogen (secondary N) is 2. The number of carbonyl (C=O) groups is 6. The number of carbonyl (C=O) groups excluding carboxylic acids is 6. The zero-order chi connectivity index (χ0) is 40.2. The molecule has 5 aromatic carbocycles. The highest BCUT2D eigenvalue weighted by Crippen LogP contribution is 2.23. The summed E-state index contributed by atoms with van der Waals surface area (Å²) in [5, 5.41) is 5.66. The molecule has 9 aliphatic heterocycles. The summed E-state index contributed by atoms with van der Waals surface area (Å²) in [5.74, 6) is -2.00. The van der Waals surface area contributed by atoms with E-state index in [2.05, 4.69) is 10.6 Å². The molecule has 0 saturated heterocycles. The Morgan fingerprint density at radius 2 is 0.737 bits per heavy atom. The number of rotatable bonds is 0. The maximum atomic E-state index is 13.5. The van der Waals surface area contributed by atoms with Crippen molar-refractivity contribution >= 4 is 63.9 Å². The second-order valence-electron chi connectivity index (χ2n) is 13.3. The van der Waals surface area contributed by atoms with Gasteiger partial charge in [-0.3, -0.25) is 33.7 Å². The quantitative estimate of drug-likeness (QED) is 0.172. The normalized spacial score (nSPS) is 15.2. The number of anilines is 5. The Morgan fingerprint density at radius 1 is 0.386 bits per heavy atom. The molecule has 0 aliphatic carbocycles. The molecule has 12 heteroatoms. The van der Waals surface area contributed by atoms with E-state index >= 15 is 0 Å². The first-order chi connectivity index (χ1) is 27.5. The summed E-state index contributed by atoms with van der Waals surface area (Å²) in [5.41, 5.74) is 4.84. The van der Waals surface area contributed by atoms with Crippen molar-refractivity contribution in [3.63, 3.8) is 0 Å². The minimum Gasteiger partial charge on any atom is -0.322 e. The zero-order valence-corrected chi connectivity index (χ0v) is 31.2. The fourth-order valence-electron chi connectivity index (χ4n) is 6.16. The van der Waals surface area contributed by atoms with Crippen LogP contribution in [0.5, 0.6) is 0 Å². The van der Waals surface area contributed by atoms with Crippen LogP contribution in [-0.2, 0) is 4.79 Å². The van der Waals surface area contributed by atoms with Gasteiger partial charge in [-0.25, -0.2) is 0 Å². The molecule has 0 saturated carbocycles. The van der Waals surface area contributed by atoms with E-state index in [1.54, 1.807) is 167 Å². The molecule has 0 atom stereocenters. The van der Waals surface area contributed by atoms with Crippen molar-refractivity contribution in [2.45, 2.75) is 0 Å². The van der Waals surface area contributed by atoms with Crippen molar-refractivity contribution in [3.05, 3.63) is 185 Å². The maximum Gasteiger partial charge on any atom is 0.261 e. The molecule has 282 valence electrons. The molecule has 9 aliphatic rings. The Morgan fingerprint density at radius 3 is 1.16 bits per heavy atom. The summed E-state index contributed by atoms with van der Waals surface area (Å²) >= 11 is 0. The van der Waals surface area contributed by atoms with E-state index in [1.807, 2.05) is 0 Å². The molecule has 12 nitrogen and oxygen atoms in total. The summed E-state index contributed by atoms with van der Waals surface area (Å²) in [7, 11) is 4.87. The minimum atomic E-state index is -0.375. The molecule has 14 rings (SSSR count). The number of hydrogen-bond donors (Lipinski definition) is 2. The molecule has 0 spiro atoms. The van der Waals surface area contributed by atoms with Crippen LogP contribution in [0, 0.1) is 0 Å². The SMILES string of the molecule is CN1C(=O)C2=CC=CN(C=C2)C(=O)c2ccc(cc2)N(C)C(=O)c2ccc(cc2)NC(=O)c2ccc(cc2)N(C)C(=O)c2ccc(cc2)NC(=O)c2ccc1cc2. The van der Waals surface area contributed by atoms with Crippen molar-refractivity contribution in [2.24, 2.45) is 0 Å². The van der Waals surface area contributed by atoms with Gasteiger partial charge in [0, 0.05) is 95.4 Å². The Labute approximate surface area is 328 Å². The molecule has 6 amide bonds. The average Bonchev–Trinajstić information content (AvgIpc) is 3.51. The van der Waals surface area contributed by atoms with Gasteiger partial charge in [-0.2, -0.15) is 0 Å². The lowest BCUT2D eigenvalue weighted by atomic mass is 10.1. The van der Waals surface area contributed by atoms with Crippen LogP contribution in [0.1, 0.15) is 51.8 Å². The van der Waals surface area contributed by atoms with Gasteiger partial charge < -0.3 is 25.3 Å². The average molecular weight is 757 g/mol. The molecule has 12 bridgehead atoms. The van der Waals surface area contributed by atoms with Crippen molar-refractivity contribution < 1.29 is 28.8 Å². The van der Waals surface area contributed by atoms with Gasteiger partial charge in [0.1, 0.15) is 0 Å². The van der Waals surface area contributed by atoms with E-state index in [9.17, 15) is 28.8 Å². The number of amides is 6. The van der Waals surface area contributed by atoms with Crippen LogP contribution in [-0.4, -0.2) is 61.5 Å². The van der Waals surface area contributed by atoms with Gasteiger partial charge >= 0.3 is 0 Å². The number of likely N-dealkylation sites (N-methyl/N-ethyl adjacent to an activating group) is 1. The lowest BCUT2D eigenvalue weighted by molar-refractivity contribution is -0.114. The van der Waals surface area contributed by atoms with E-state index in [-0.39, 0.29) is 35.4 Å². The summed E-state index contributed by atoms with van der Waals surface area (Å²) in [6.07, 6.45) is 7.83. The van der Waals surface area contributed by atoms with Gasteiger partial charge in [-0.05, 0) is 140 Å². The van der Waals surface area contributed by atoms with Crippen LogP contribution >= 0.6 is 0 Å². The second-order valence-corrected chi connectivity index (χ2v) is 13.3. The molecular weight excluding hydrogens is 721 g/mol. The lowest BCUT2D eigenvalue weighted by Crippen LogP contribution is -2.27. The standard InChI is InChI=1S/C45H36N6O6/c1-48-37-20-10-29(11-21-37)40(52)46-35-16-6-32(7-17-35)43(55)49(2)38-22-12-30(13-23-38)41(53)47-36-18-8-33(9-19-36)44(56)50(3)39-24-14-34(15-25-39)45(57)51-27-4-5-31(26-28-51)42(48)54/h4-28H,1-3H3,(H,46,52)(H,47,53). The van der Waals surface area contributed by atoms with Gasteiger partial charge in [0.05, 0.1) is 0 Å². The third-order valence-corrected chi connectivity index (χ3v) is 9.65. The third kappa shape index (κ3) is 8.01. The summed E-state index contributed by atoms with van der Waals surface area (Å²) < 4.78 is 0. The number of nitrogens with zero attached hydrogens (tertiary/aromatic N) is 4. The van der Waals surface area contributed by atoms with Crippen LogP contribution in [0.4, 0.5) is 28.4 Å². The van der Waals surface area contributed by atoms with Gasteiger partial charge in [-0.15, -0.1) is 0 Å². The van der Waals surface area contributed by atoms with Crippen LogP contribution in [0.3, 0.4) is 0 Å². The Kier molecular flexibility index (Phi) is 10.4. The highest BCUT2D eigenvalue weighted by atomic mass is 16.2. The topological polar surface area (TPSA) is 139 Å². The number of allylic oxidation sites excluding steroid dienone is 2. The van der Waals surface area contributed by atoms with E-state index in [0.717, 1.165) is 0 Å². The van der Waals surface area contributed by atoms with Crippen LogP contribution in [0.15, 0.2) is 158 Å². The molecule has 2 N–H and O–H groups in total. The monoisotopic (exact) mass is 756 g/mol. The van der Waals surface area contributed by atoms with Crippen molar-refractivity contribution in [3.8, 4) is 0 Å². The van der Waals surface area contributed by atoms with Crippen molar-refractivity contribution in [2.75, 3.05) is 46.5 Å².